The van der Waals surface area contributed by atoms with Gasteiger partial charge in [0.05, 0.1) is 31.2 Å². The van der Waals surface area contributed by atoms with Gasteiger partial charge in [-0.05, 0) is 60.4 Å². The minimum atomic E-state index is -0.621. The van der Waals surface area contributed by atoms with Crippen LogP contribution in [0.25, 0.3) is 11.0 Å². The molecule has 0 aliphatic carbocycles. The number of carbonyl (C=O) groups is 1. The Kier molecular flexibility index (Phi) is 5.36. The average molecular weight is 456 g/mol. The number of hydrogen-bond donors (Lipinski definition) is 0. The van der Waals surface area contributed by atoms with Gasteiger partial charge in [-0.25, -0.2) is 0 Å². The summed E-state index contributed by atoms with van der Waals surface area (Å²) >= 11 is 0. The maximum absolute atomic E-state index is 13.8. The fourth-order valence-electron chi connectivity index (χ4n) is 4.59. The van der Waals surface area contributed by atoms with E-state index in [1.165, 1.54) is 0 Å². The lowest BCUT2D eigenvalue weighted by Gasteiger charge is -2.26. The third-order valence-corrected chi connectivity index (χ3v) is 6.50. The summed E-state index contributed by atoms with van der Waals surface area (Å²) in [6, 6.07) is 18.2. The van der Waals surface area contributed by atoms with E-state index in [-0.39, 0.29) is 17.1 Å². The van der Waals surface area contributed by atoms with E-state index in [1.807, 2.05) is 68.4 Å². The Morgan fingerprint density at radius 1 is 0.882 bits per heavy atom. The summed E-state index contributed by atoms with van der Waals surface area (Å²) in [5.74, 6) is 0.881. The molecular weight excluding hydrogens is 430 g/mol. The zero-order valence-electron chi connectivity index (χ0n) is 19.5. The lowest BCUT2D eigenvalue weighted by molar-refractivity contribution is 0.0714. The predicted molar refractivity (Wildman–Crippen MR) is 130 cm³/mol. The number of carbonyl (C=O) groups excluding carboxylic acids is 1. The van der Waals surface area contributed by atoms with Crippen molar-refractivity contribution in [2.75, 3.05) is 14.2 Å². The molecule has 4 aromatic rings. The quantitative estimate of drug-likeness (QED) is 0.415. The van der Waals surface area contributed by atoms with Gasteiger partial charge < -0.3 is 18.8 Å². The molecule has 0 fully saturated rings. The van der Waals surface area contributed by atoms with E-state index in [4.69, 9.17) is 13.9 Å². The molecule has 6 heteroatoms. The van der Waals surface area contributed by atoms with Crippen LogP contribution < -0.4 is 14.9 Å². The van der Waals surface area contributed by atoms with E-state index >= 15 is 0 Å². The highest BCUT2D eigenvalue weighted by Gasteiger charge is 2.43. The maximum atomic E-state index is 13.8. The monoisotopic (exact) mass is 455 g/mol. The molecule has 1 unspecified atom stereocenters. The van der Waals surface area contributed by atoms with Crippen LogP contribution in [0.4, 0.5) is 0 Å². The van der Waals surface area contributed by atoms with Crippen LogP contribution in [0.3, 0.4) is 0 Å². The summed E-state index contributed by atoms with van der Waals surface area (Å²) in [6.45, 7) is 4.24. The van der Waals surface area contributed by atoms with E-state index in [9.17, 15) is 9.59 Å². The van der Waals surface area contributed by atoms with Crippen molar-refractivity contribution in [2.45, 2.75) is 26.4 Å². The highest BCUT2D eigenvalue weighted by atomic mass is 16.5. The highest BCUT2D eigenvalue weighted by molar-refractivity contribution is 5.99. The Labute approximate surface area is 197 Å². The van der Waals surface area contributed by atoms with Crippen LogP contribution in [0.5, 0.6) is 11.5 Å². The van der Waals surface area contributed by atoms with Crippen LogP contribution in [0.2, 0.25) is 0 Å². The first-order chi connectivity index (χ1) is 16.4. The van der Waals surface area contributed by atoms with Crippen LogP contribution in [-0.2, 0) is 6.54 Å². The van der Waals surface area contributed by atoms with Crippen LogP contribution in [0.15, 0.2) is 69.9 Å². The second kappa shape index (κ2) is 8.37. The van der Waals surface area contributed by atoms with E-state index in [0.717, 1.165) is 22.3 Å². The van der Waals surface area contributed by atoms with E-state index in [0.29, 0.717) is 34.6 Å². The summed E-state index contributed by atoms with van der Waals surface area (Å²) < 4.78 is 17.0. The first-order valence-electron chi connectivity index (χ1n) is 11.1. The number of rotatable bonds is 5. The van der Waals surface area contributed by atoms with Gasteiger partial charge in [0.2, 0.25) is 5.76 Å². The molecule has 1 aliphatic heterocycles. The lowest BCUT2D eigenvalue weighted by Crippen LogP contribution is -2.29. The van der Waals surface area contributed by atoms with Gasteiger partial charge in [-0.15, -0.1) is 0 Å². The Balaban J connectivity index is 1.75. The third-order valence-electron chi connectivity index (χ3n) is 6.50. The molecule has 0 N–H and O–H groups in total. The van der Waals surface area contributed by atoms with Crippen LogP contribution >= 0.6 is 0 Å². The van der Waals surface area contributed by atoms with Crippen molar-refractivity contribution in [3.8, 4) is 11.5 Å². The summed E-state index contributed by atoms with van der Waals surface area (Å²) in [5, 5.41) is 0.474. The molecule has 2 heterocycles. The number of methoxy groups -OCH3 is 2. The van der Waals surface area contributed by atoms with Gasteiger partial charge in [-0.1, -0.05) is 36.4 Å². The Morgan fingerprint density at radius 2 is 1.59 bits per heavy atom. The number of aryl methyl sites for hydroxylation is 2. The normalized spacial score (nSPS) is 15.0. The van der Waals surface area contributed by atoms with Gasteiger partial charge in [0.15, 0.2) is 16.9 Å². The summed E-state index contributed by atoms with van der Waals surface area (Å²) in [4.78, 5) is 29.1. The topological polar surface area (TPSA) is 69.0 Å². The molecule has 0 spiro atoms. The van der Waals surface area contributed by atoms with Crippen molar-refractivity contribution in [2.24, 2.45) is 0 Å². The minimum absolute atomic E-state index is 0.0940. The molecule has 0 saturated heterocycles. The van der Waals surface area contributed by atoms with E-state index < -0.39 is 6.04 Å². The third kappa shape index (κ3) is 3.43. The van der Waals surface area contributed by atoms with Gasteiger partial charge >= 0.3 is 0 Å². The molecule has 3 aromatic carbocycles. The van der Waals surface area contributed by atoms with Gasteiger partial charge in [0.25, 0.3) is 5.91 Å². The van der Waals surface area contributed by atoms with Crippen molar-refractivity contribution < 1.29 is 18.7 Å². The Morgan fingerprint density at radius 3 is 2.29 bits per heavy atom. The maximum Gasteiger partial charge on any atom is 0.291 e. The first kappa shape index (κ1) is 21.8. The van der Waals surface area contributed by atoms with Gasteiger partial charge in [-0.2, -0.15) is 0 Å². The second-order valence-corrected chi connectivity index (χ2v) is 8.54. The number of fused-ring (bicyclic) bond motifs is 2. The molecule has 5 rings (SSSR count). The minimum Gasteiger partial charge on any atom is -0.493 e. The zero-order valence-corrected chi connectivity index (χ0v) is 19.5. The second-order valence-electron chi connectivity index (χ2n) is 8.54. The van der Waals surface area contributed by atoms with Crippen molar-refractivity contribution in [3.63, 3.8) is 0 Å². The van der Waals surface area contributed by atoms with Gasteiger partial charge in [0, 0.05) is 6.54 Å². The molecule has 34 heavy (non-hydrogen) atoms. The summed E-state index contributed by atoms with van der Waals surface area (Å²) in [7, 11) is 3.13. The SMILES string of the molecule is COc1ccc(C2c3c(oc4cc(C)c(C)cc4c3=O)C(=O)N2Cc2ccccc2)cc1OC. The number of amides is 1. The van der Waals surface area contributed by atoms with E-state index in [2.05, 4.69) is 0 Å². The van der Waals surface area contributed by atoms with Crippen LogP contribution in [0.1, 0.15) is 44.4 Å². The van der Waals surface area contributed by atoms with Gasteiger partial charge in [0.1, 0.15) is 5.58 Å². The number of ether oxygens (including phenoxy) is 2. The standard InChI is InChI=1S/C28H25NO5/c1-16-12-20-22(13-17(16)2)34-27-24(26(20)30)25(19-10-11-21(32-3)23(14-19)33-4)29(28(27)31)15-18-8-6-5-7-9-18/h5-14,25H,15H2,1-4H3. The van der Waals surface area contributed by atoms with Gasteiger partial charge in [-0.3, -0.25) is 9.59 Å². The highest BCUT2D eigenvalue weighted by Crippen LogP contribution is 2.41. The number of nitrogens with zero attached hydrogens (tertiary/aromatic N) is 1. The molecule has 0 radical (unpaired) electrons. The average Bonchev–Trinajstić information content (AvgIpc) is 3.12. The Hall–Kier alpha value is -4.06. The fourth-order valence-corrected chi connectivity index (χ4v) is 4.59. The van der Waals surface area contributed by atoms with Crippen molar-refractivity contribution in [1.82, 2.24) is 4.90 Å². The van der Waals surface area contributed by atoms with Crippen molar-refractivity contribution in [3.05, 3.63) is 104 Å². The van der Waals surface area contributed by atoms with Crippen molar-refractivity contribution in [1.29, 1.82) is 0 Å². The predicted octanol–water partition coefficient (Wildman–Crippen LogP) is 5.17. The largest absolute Gasteiger partial charge is 0.493 e. The van der Waals surface area contributed by atoms with Crippen molar-refractivity contribution >= 4 is 16.9 Å². The molecule has 1 amide bonds. The molecule has 1 aromatic heterocycles. The smallest absolute Gasteiger partial charge is 0.291 e. The molecule has 0 saturated carbocycles. The molecule has 0 bridgehead atoms. The number of hydrogen-bond acceptors (Lipinski definition) is 5. The zero-order chi connectivity index (χ0) is 24.0. The van der Waals surface area contributed by atoms with Crippen LogP contribution in [-0.4, -0.2) is 25.0 Å². The molecule has 172 valence electrons. The Bertz CT molecular complexity index is 1470. The summed E-state index contributed by atoms with van der Waals surface area (Å²) in [5.41, 5.74) is 4.28. The molecule has 1 atom stereocenters. The number of benzene rings is 3. The fraction of sp³-hybridized carbons (Fsp3) is 0.214. The summed E-state index contributed by atoms with van der Waals surface area (Å²) in [6.07, 6.45) is 0. The lowest BCUT2D eigenvalue weighted by atomic mass is 9.97. The van der Waals surface area contributed by atoms with Crippen LogP contribution in [0, 0.1) is 13.8 Å². The van der Waals surface area contributed by atoms with E-state index in [1.54, 1.807) is 25.2 Å². The first-order valence-corrected chi connectivity index (χ1v) is 11.1. The molecule has 1 aliphatic rings. The molecular formula is C28H25NO5. The molecule has 6 nitrogen and oxygen atoms in total.